The molecule has 10 rings (SSSR count). The first-order valence-electron chi connectivity index (χ1n) is 18.1. The summed E-state index contributed by atoms with van der Waals surface area (Å²) in [5.74, 6) is 0.836. The molecule has 0 bridgehead atoms. The molecular formula is C48H37NOS. The summed E-state index contributed by atoms with van der Waals surface area (Å²) in [6.45, 7) is 0. The Morgan fingerprint density at radius 3 is 2.12 bits per heavy atom. The predicted molar refractivity (Wildman–Crippen MR) is 216 cm³/mol. The second-order valence-corrected chi connectivity index (χ2v) is 15.2. The van der Waals surface area contributed by atoms with Crippen molar-refractivity contribution in [2.24, 2.45) is 0 Å². The third-order valence-corrected chi connectivity index (χ3v) is 12.3. The molecule has 7 aromatic rings. The molecule has 3 aliphatic rings. The first-order valence-corrected chi connectivity index (χ1v) is 19.0. The van der Waals surface area contributed by atoms with Crippen molar-refractivity contribution in [1.29, 1.82) is 0 Å². The molecule has 6 aromatic carbocycles. The van der Waals surface area contributed by atoms with Gasteiger partial charge in [0.05, 0.1) is 0 Å². The Morgan fingerprint density at radius 1 is 0.569 bits per heavy atom. The van der Waals surface area contributed by atoms with Gasteiger partial charge in [0.15, 0.2) is 0 Å². The van der Waals surface area contributed by atoms with E-state index in [0.29, 0.717) is 17.1 Å². The third-order valence-electron chi connectivity index (χ3n) is 10.9. The topological polar surface area (TPSA) is 16.4 Å². The van der Waals surface area contributed by atoms with Gasteiger partial charge in [-0.1, -0.05) is 115 Å². The molecule has 0 spiro atoms. The molecule has 2 aliphatic carbocycles. The summed E-state index contributed by atoms with van der Waals surface area (Å²) in [5.41, 5.74) is 13.0. The minimum absolute atomic E-state index is 0.310. The van der Waals surface area contributed by atoms with E-state index in [1.165, 1.54) is 67.6 Å². The van der Waals surface area contributed by atoms with Gasteiger partial charge in [-0.3, -0.25) is 0 Å². The number of para-hydroxylation sites is 1. The lowest BCUT2D eigenvalue weighted by atomic mass is 9.85. The lowest BCUT2D eigenvalue weighted by Gasteiger charge is -2.27. The van der Waals surface area contributed by atoms with E-state index in [0.717, 1.165) is 29.0 Å². The SMILES string of the molecule is C1=CCC(c2cc3c(cc2-c2ccc(N(c4ccc(-c5ccccc5)cc4)c4ccc5c(c4)SC4CCC=CC54)cc2)oc2ccccc23)C=C1. The smallest absolute Gasteiger partial charge is 0.136 e. The maximum Gasteiger partial charge on any atom is 0.136 e. The van der Waals surface area contributed by atoms with Crippen LogP contribution >= 0.6 is 11.8 Å². The van der Waals surface area contributed by atoms with Crippen LogP contribution in [0.15, 0.2) is 179 Å². The van der Waals surface area contributed by atoms with Crippen LogP contribution < -0.4 is 4.90 Å². The molecule has 51 heavy (non-hydrogen) atoms. The van der Waals surface area contributed by atoms with Gasteiger partial charge in [0.25, 0.3) is 0 Å². The zero-order valence-corrected chi connectivity index (χ0v) is 29.1. The number of allylic oxidation sites excluding steroid dienone is 6. The number of nitrogens with zero attached hydrogens (tertiary/aromatic N) is 1. The molecule has 0 N–H and O–H groups in total. The monoisotopic (exact) mass is 675 g/mol. The van der Waals surface area contributed by atoms with E-state index in [-0.39, 0.29) is 0 Å². The van der Waals surface area contributed by atoms with Crippen molar-refractivity contribution >= 4 is 50.8 Å². The molecule has 3 atom stereocenters. The third kappa shape index (κ3) is 5.44. The molecule has 0 fully saturated rings. The Bertz CT molecular complexity index is 2490. The van der Waals surface area contributed by atoms with Crippen LogP contribution in [0.2, 0.25) is 0 Å². The van der Waals surface area contributed by atoms with Gasteiger partial charge in [-0.05, 0) is 107 Å². The van der Waals surface area contributed by atoms with Crippen molar-refractivity contribution in [3.05, 3.63) is 181 Å². The molecule has 1 aliphatic heterocycles. The van der Waals surface area contributed by atoms with E-state index in [2.05, 4.69) is 181 Å². The second-order valence-electron chi connectivity index (χ2n) is 13.9. The van der Waals surface area contributed by atoms with E-state index >= 15 is 0 Å². The van der Waals surface area contributed by atoms with Gasteiger partial charge in [0.1, 0.15) is 11.2 Å². The molecule has 2 nitrogen and oxygen atoms in total. The maximum absolute atomic E-state index is 6.40. The molecule has 0 saturated heterocycles. The second kappa shape index (κ2) is 12.7. The summed E-state index contributed by atoms with van der Waals surface area (Å²) in [6, 6.07) is 48.9. The van der Waals surface area contributed by atoms with Crippen molar-refractivity contribution < 1.29 is 4.42 Å². The number of hydrogen-bond acceptors (Lipinski definition) is 3. The fourth-order valence-electron chi connectivity index (χ4n) is 8.27. The molecule has 0 saturated carbocycles. The van der Waals surface area contributed by atoms with Crippen LogP contribution in [0.1, 0.15) is 42.2 Å². The number of furan rings is 1. The Morgan fingerprint density at radius 2 is 1.31 bits per heavy atom. The number of rotatable bonds is 6. The van der Waals surface area contributed by atoms with E-state index < -0.39 is 0 Å². The van der Waals surface area contributed by atoms with E-state index in [1.807, 2.05) is 6.07 Å². The highest BCUT2D eigenvalue weighted by molar-refractivity contribution is 8.00. The Balaban J connectivity index is 1.07. The van der Waals surface area contributed by atoms with E-state index in [9.17, 15) is 0 Å². The van der Waals surface area contributed by atoms with Gasteiger partial charge in [-0.2, -0.15) is 0 Å². The van der Waals surface area contributed by atoms with Gasteiger partial charge in [-0.25, -0.2) is 0 Å². The van der Waals surface area contributed by atoms with Crippen molar-refractivity contribution in [2.75, 3.05) is 4.90 Å². The fraction of sp³-hybridized carbons (Fsp3) is 0.125. The quantitative estimate of drug-likeness (QED) is 0.163. The van der Waals surface area contributed by atoms with Crippen LogP contribution in [0, 0.1) is 0 Å². The Labute approximate surface area is 303 Å². The number of thioether (sulfide) groups is 1. The van der Waals surface area contributed by atoms with Crippen LogP contribution in [-0.2, 0) is 0 Å². The standard InChI is InChI=1S/C48H37NOS/c1-3-11-32(12-4-1)33-19-23-36(24-20-33)49(38-27-28-41-40-16-8-10-18-47(40)51-48(41)29-38)37-25-21-35(22-26-37)43-31-46-44(39-15-7-9-17-45(39)50-46)30-42(43)34-13-5-2-6-14-34/h1-9,11-13,15-17,19-31,34,40,47H,10,14,18H2. The molecule has 3 heteroatoms. The fourth-order valence-corrected chi connectivity index (χ4v) is 9.77. The number of anilines is 3. The van der Waals surface area contributed by atoms with Gasteiger partial charge in [0.2, 0.25) is 0 Å². The van der Waals surface area contributed by atoms with Crippen LogP contribution in [0.5, 0.6) is 0 Å². The summed E-state index contributed by atoms with van der Waals surface area (Å²) in [6.07, 6.45) is 17.2. The lowest BCUT2D eigenvalue weighted by molar-refractivity contribution is 0.669. The zero-order valence-electron chi connectivity index (χ0n) is 28.3. The average molecular weight is 676 g/mol. The number of hydrogen-bond donors (Lipinski definition) is 0. The molecule has 3 unspecified atom stereocenters. The minimum Gasteiger partial charge on any atom is -0.456 e. The highest BCUT2D eigenvalue weighted by Gasteiger charge is 2.33. The largest absolute Gasteiger partial charge is 0.456 e. The summed E-state index contributed by atoms with van der Waals surface area (Å²) >= 11 is 2.06. The highest BCUT2D eigenvalue weighted by atomic mass is 32.2. The summed E-state index contributed by atoms with van der Waals surface area (Å²) in [5, 5.41) is 2.99. The van der Waals surface area contributed by atoms with Crippen molar-refractivity contribution in [3.8, 4) is 22.3 Å². The predicted octanol–water partition coefficient (Wildman–Crippen LogP) is 13.9. The van der Waals surface area contributed by atoms with Crippen LogP contribution in [-0.4, -0.2) is 5.25 Å². The molecule has 0 radical (unpaired) electrons. The van der Waals surface area contributed by atoms with Crippen LogP contribution in [0.3, 0.4) is 0 Å². The van der Waals surface area contributed by atoms with E-state index in [1.54, 1.807) is 0 Å². The average Bonchev–Trinajstić information content (AvgIpc) is 3.76. The number of benzene rings is 6. The van der Waals surface area contributed by atoms with Crippen molar-refractivity contribution in [2.45, 2.75) is 41.2 Å². The van der Waals surface area contributed by atoms with Crippen LogP contribution in [0.25, 0.3) is 44.2 Å². The normalized spacial score (nSPS) is 19.0. The molecule has 1 aromatic heterocycles. The van der Waals surface area contributed by atoms with Gasteiger partial charge in [-0.15, -0.1) is 11.8 Å². The molecule has 0 amide bonds. The minimum atomic E-state index is 0.310. The number of fused-ring (bicyclic) bond motifs is 6. The molecular weight excluding hydrogens is 639 g/mol. The lowest BCUT2D eigenvalue weighted by Crippen LogP contribution is -2.11. The highest BCUT2D eigenvalue weighted by Crippen LogP contribution is 2.51. The van der Waals surface area contributed by atoms with Crippen molar-refractivity contribution in [1.82, 2.24) is 0 Å². The van der Waals surface area contributed by atoms with Gasteiger partial charge in [0, 0.05) is 49.8 Å². The first kappa shape index (κ1) is 30.3. The molecule has 246 valence electrons. The van der Waals surface area contributed by atoms with Gasteiger partial charge >= 0.3 is 0 Å². The Hall–Kier alpha value is -5.51. The van der Waals surface area contributed by atoms with Crippen molar-refractivity contribution in [3.63, 3.8) is 0 Å². The Kier molecular flexibility index (Phi) is 7.53. The summed E-state index contributed by atoms with van der Waals surface area (Å²) < 4.78 is 6.40. The van der Waals surface area contributed by atoms with Crippen LogP contribution in [0.4, 0.5) is 17.1 Å². The maximum atomic E-state index is 6.40. The van der Waals surface area contributed by atoms with E-state index in [4.69, 9.17) is 4.42 Å². The summed E-state index contributed by atoms with van der Waals surface area (Å²) in [7, 11) is 0. The zero-order chi connectivity index (χ0) is 33.7. The van der Waals surface area contributed by atoms with Gasteiger partial charge < -0.3 is 9.32 Å². The molecule has 2 heterocycles. The first-order chi connectivity index (χ1) is 25.3. The summed E-state index contributed by atoms with van der Waals surface area (Å²) in [4.78, 5) is 3.82.